The Morgan fingerprint density at radius 1 is 1.57 bits per heavy atom. The molecule has 76 valence electrons. The average molecular weight is 197 g/mol. The minimum Gasteiger partial charge on any atom is -0.468 e. The fraction of sp³-hybridized carbons (Fsp3) is 0.300. The molecule has 2 N–H and O–H groups in total. The third kappa shape index (κ3) is 2.09. The van der Waals surface area contributed by atoms with Crippen molar-refractivity contribution >= 4 is 5.97 Å². The van der Waals surface area contributed by atoms with Crippen LogP contribution in [0.1, 0.15) is 17.2 Å². The third-order valence-corrected chi connectivity index (χ3v) is 2.02. The van der Waals surface area contributed by atoms with E-state index in [0.717, 1.165) is 0 Å². The van der Waals surface area contributed by atoms with Gasteiger partial charge in [0.25, 0.3) is 0 Å². The van der Waals surface area contributed by atoms with Crippen molar-refractivity contribution in [2.75, 3.05) is 7.11 Å². The third-order valence-electron chi connectivity index (χ3n) is 2.02. The van der Waals surface area contributed by atoms with Crippen molar-refractivity contribution in [3.05, 3.63) is 35.1 Å². The van der Waals surface area contributed by atoms with Crippen LogP contribution < -0.4 is 5.73 Å². The van der Waals surface area contributed by atoms with Gasteiger partial charge in [-0.2, -0.15) is 0 Å². The summed E-state index contributed by atoms with van der Waals surface area (Å²) in [6, 6.07) is 3.25. The van der Waals surface area contributed by atoms with E-state index in [1.165, 1.54) is 25.3 Å². The molecule has 0 aliphatic rings. The summed E-state index contributed by atoms with van der Waals surface area (Å²) in [5, 5.41) is 0. The molecule has 1 rings (SSSR count). The molecule has 0 aromatic heterocycles. The highest BCUT2D eigenvalue weighted by Crippen LogP contribution is 2.17. The molecule has 0 aliphatic heterocycles. The number of rotatable bonds is 2. The van der Waals surface area contributed by atoms with Crippen molar-refractivity contribution in [2.45, 2.75) is 13.0 Å². The summed E-state index contributed by atoms with van der Waals surface area (Å²) in [6.45, 7) is 1.70. The maximum Gasteiger partial charge on any atom is 0.327 e. The summed E-state index contributed by atoms with van der Waals surface area (Å²) in [7, 11) is 1.26. The van der Waals surface area contributed by atoms with Gasteiger partial charge in [-0.05, 0) is 30.2 Å². The molecule has 0 aliphatic carbocycles. The van der Waals surface area contributed by atoms with Gasteiger partial charge in [-0.25, -0.2) is 4.39 Å². The Bertz CT molecular complexity index is 352. The van der Waals surface area contributed by atoms with E-state index in [9.17, 15) is 9.18 Å². The lowest BCUT2D eigenvalue weighted by Gasteiger charge is -2.12. The lowest BCUT2D eigenvalue weighted by molar-refractivity contribution is -0.142. The first-order chi connectivity index (χ1) is 6.56. The quantitative estimate of drug-likeness (QED) is 0.727. The Balaban J connectivity index is 3.01. The first kappa shape index (κ1) is 10.7. The van der Waals surface area contributed by atoms with E-state index in [2.05, 4.69) is 4.74 Å². The van der Waals surface area contributed by atoms with Crippen LogP contribution in [0.5, 0.6) is 0 Å². The highest BCUT2D eigenvalue weighted by Gasteiger charge is 2.17. The van der Waals surface area contributed by atoms with E-state index in [1.807, 2.05) is 0 Å². The van der Waals surface area contributed by atoms with Crippen LogP contribution in [-0.4, -0.2) is 13.1 Å². The second kappa shape index (κ2) is 4.19. The van der Waals surface area contributed by atoms with Gasteiger partial charge in [0.15, 0.2) is 0 Å². The number of nitrogens with two attached hydrogens (primary N) is 1. The van der Waals surface area contributed by atoms with E-state index in [0.29, 0.717) is 11.1 Å². The summed E-state index contributed by atoms with van der Waals surface area (Å²) in [6.07, 6.45) is 0. The van der Waals surface area contributed by atoms with E-state index in [4.69, 9.17) is 5.73 Å². The van der Waals surface area contributed by atoms with Crippen LogP contribution in [0.15, 0.2) is 18.2 Å². The SMILES string of the molecule is COC(=O)[C@H](N)c1ccc(F)cc1C. The summed E-state index contributed by atoms with van der Waals surface area (Å²) in [4.78, 5) is 11.1. The zero-order chi connectivity index (χ0) is 10.7. The molecule has 14 heavy (non-hydrogen) atoms. The van der Waals surface area contributed by atoms with Crippen LogP contribution in [0.4, 0.5) is 4.39 Å². The number of halogens is 1. The number of aryl methyl sites for hydroxylation is 1. The number of ether oxygens (including phenoxy) is 1. The number of benzene rings is 1. The van der Waals surface area contributed by atoms with Gasteiger partial charge in [0.1, 0.15) is 11.9 Å². The smallest absolute Gasteiger partial charge is 0.327 e. The topological polar surface area (TPSA) is 52.3 Å². The summed E-state index contributed by atoms with van der Waals surface area (Å²) in [5.41, 5.74) is 6.83. The maximum absolute atomic E-state index is 12.7. The van der Waals surface area contributed by atoms with Gasteiger partial charge in [0.2, 0.25) is 0 Å². The molecule has 1 aromatic rings. The minimum absolute atomic E-state index is 0.344. The number of hydrogen-bond donors (Lipinski definition) is 1. The Labute approximate surface area is 81.7 Å². The number of carbonyl (C=O) groups excluding carboxylic acids is 1. The molecule has 0 heterocycles. The van der Waals surface area contributed by atoms with Crippen LogP contribution in [0.3, 0.4) is 0 Å². The van der Waals surface area contributed by atoms with Gasteiger partial charge in [-0.1, -0.05) is 6.07 Å². The lowest BCUT2D eigenvalue weighted by Crippen LogP contribution is -2.23. The normalized spacial score (nSPS) is 12.3. The van der Waals surface area contributed by atoms with Crippen LogP contribution >= 0.6 is 0 Å². The van der Waals surface area contributed by atoms with E-state index < -0.39 is 12.0 Å². The van der Waals surface area contributed by atoms with Gasteiger partial charge in [-0.3, -0.25) is 4.79 Å². The fourth-order valence-electron chi connectivity index (χ4n) is 1.24. The Morgan fingerprint density at radius 3 is 2.71 bits per heavy atom. The van der Waals surface area contributed by atoms with E-state index in [1.54, 1.807) is 6.92 Å². The molecule has 1 atom stereocenters. The van der Waals surface area contributed by atoms with Crippen LogP contribution in [0.25, 0.3) is 0 Å². The highest BCUT2D eigenvalue weighted by atomic mass is 19.1. The van der Waals surface area contributed by atoms with Crippen molar-refractivity contribution in [3.8, 4) is 0 Å². The zero-order valence-corrected chi connectivity index (χ0v) is 8.08. The summed E-state index contributed by atoms with van der Waals surface area (Å²) < 4.78 is 17.2. The van der Waals surface area contributed by atoms with Crippen molar-refractivity contribution in [2.24, 2.45) is 5.73 Å². The maximum atomic E-state index is 12.7. The standard InChI is InChI=1S/C10H12FNO2/c1-6-5-7(11)3-4-8(6)9(12)10(13)14-2/h3-5,9H,12H2,1-2H3/t9-/m1/s1. The number of hydrogen-bond acceptors (Lipinski definition) is 3. The molecule has 3 nitrogen and oxygen atoms in total. The predicted molar refractivity (Wildman–Crippen MR) is 50.1 cm³/mol. The van der Waals surface area contributed by atoms with Crippen molar-refractivity contribution in [1.82, 2.24) is 0 Å². The number of carbonyl (C=O) groups is 1. The van der Waals surface area contributed by atoms with Gasteiger partial charge in [-0.15, -0.1) is 0 Å². The molecule has 0 amide bonds. The fourth-order valence-corrected chi connectivity index (χ4v) is 1.24. The Hall–Kier alpha value is -1.42. The Kier molecular flexibility index (Phi) is 3.19. The van der Waals surface area contributed by atoms with E-state index in [-0.39, 0.29) is 5.82 Å². The van der Waals surface area contributed by atoms with Crippen LogP contribution in [0, 0.1) is 12.7 Å². The molecule has 0 bridgehead atoms. The second-order valence-corrected chi connectivity index (χ2v) is 3.00. The van der Waals surface area contributed by atoms with Crippen LogP contribution in [0.2, 0.25) is 0 Å². The minimum atomic E-state index is -0.847. The molecule has 0 saturated carbocycles. The molecular weight excluding hydrogens is 185 g/mol. The van der Waals surface area contributed by atoms with Gasteiger partial charge >= 0.3 is 5.97 Å². The number of methoxy groups -OCH3 is 1. The van der Waals surface area contributed by atoms with Crippen molar-refractivity contribution < 1.29 is 13.9 Å². The first-order valence-electron chi connectivity index (χ1n) is 4.15. The molecule has 1 aromatic carbocycles. The average Bonchev–Trinajstić information content (AvgIpc) is 2.15. The molecule has 4 heteroatoms. The lowest BCUT2D eigenvalue weighted by atomic mass is 10.0. The molecule has 0 radical (unpaired) electrons. The van der Waals surface area contributed by atoms with Gasteiger partial charge < -0.3 is 10.5 Å². The second-order valence-electron chi connectivity index (χ2n) is 3.00. The van der Waals surface area contributed by atoms with Gasteiger partial charge in [0.05, 0.1) is 7.11 Å². The Morgan fingerprint density at radius 2 is 2.21 bits per heavy atom. The monoisotopic (exact) mass is 197 g/mol. The van der Waals surface area contributed by atoms with Crippen molar-refractivity contribution in [3.63, 3.8) is 0 Å². The molecule has 0 saturated heterocycles. The molecule has 0 unspecified atom stereocenters. The summed E-state index contributed by atoms with van der Waals surface area (Å²) in [5.74, 6) is -0.872. The summed E-state index contributed by atoms with van der Waals surface area (Å²) >= 11 is 0. The molecule has 0 fully saturated rings. The number of esters is 1. The zero-order valence-electron chi connectivity index (χ0n) is 8.08. The first-order valence-corrected chi connectivity index (χ1v) is 4.15. The largest absolute Gasteiger partial charge is 0.468 e. The molecular formula is C10H12FNO2. The predicted octanol–water partition coefficient (Wildman–Crippen LogP) is 1.31. The molecule has 0 spiro atoms. The van der Waals surface area contributed by atoms with E-state index >= 15 is 0 Å². The van der Waals surface area contributed by atoms with Gasteiger partial charge in [0, 0.05) is 0 Å². The highest BCUT2D eigenvalue weighted by molar-refractivity contribution is 5.77. The van der Waals surface area contributed by atoms with Crippen LogP contribution in [-0.2, 0) is 9.53 Å². The van der Waals surface area contributed by atoms with Crippen molar-refractivity contribution in [1.29, 1.82) is 0 Å².